The van der Waals surface area contributed by atoms with E-state index in [1.807, 2.05) is 0 Å². The normalized spacial score (nSPS) is 11.5. The molecule has 0 spiro atoms. The standard InChI is InChI=1S/C13H10F3NOS/c14-13(15,16)11-5-3-4-10(8-11)9-19-12-6-1-2-7-17(12)18/h1-8H,9H2. The molecule has 0 saturated carbocycles. The predicted molar refractivity (Wildman–Crippen MR) is 66.4 cm³/mol. The van der Waals surface area contributed by atoms with Crippen molar-refractivity contribution in [1.82, 2.24) is 0 Å². The molecule has 0 amide bonds. The first kappa shape index (κ1) is 13.7. The lowest BCUT2D eigenvalue weighted by Gasteiger charge is -2.08. The van der Waals surface area contributed by atoms with Crippen LogP contribution in [0.4, 0.5) is 13.2 Å². The summed E-state index contributed by atoms with van der Waals surface area (Å²) >= 11 is 1.20. The van der Waals surface area contributed by atoms with Crippen molar-refractivity contribution in [3.8, 4) is 0 Å². The average molecular weight is 285 g/mol. The summed E-state index contributed by atoms with van der Waals surface area (Å²) in [4.78, 5) is 0. The SMILES string of the molecule is [O-][n+]1ccccc1SCc1cccc(C(F)(F)F)c1. The molecule has 2 nitrogen and oxygen atoms in total. The average Bonchev–Trinajstić information content (AvgIpc) is 2.37. The summed E-state index contributed by atoms with van der Waals surface area (Å²) in [5.74, 6) is 0.316. The molecule has 0 fully saturated rings. The predicted octanol–water partition coefficient (Wildman–Crippen LogP) is 3.63. The van der Waals surface area contributed by atoms with Crippen molar-refractivity contribution in [1.29, 1.82) is 0 Å². The summed E-state index contributed by atoms with van der Waals surface area (Å²) in [6.45, 7) is 0. The Morgan fingerprint density at radius 1 is 1.11 bits per heavy atom. The fourth-order valence-corrected chi connectivity index (χ4v) is 2.38. The first-order valence-electron chi connectivity index (χ1n) is 5.44. The molecule has 0 saturated heterocycles. The Bertz CT molecular complexity index is 572. The molecule has 2 rings (SSSR count). The van der Waals surface area contributed by atoms with Gasteiger partial charge in [-0.05, 0) is 17.7 Å². The van der Waals surface area contributed by atoms with Crippen LogP contribution in [0.3, 0.4) is 0 Å². The molecular weight excluding hydrogens is 275 g/mol. The molecule has 0 aliphatic carbocycles. The minimum absolute atomic E-state index is 0.316. The summed E-state index contributed by atoms with van der Waals surface area (Å²) in [5, 5.41) is 11.8. The highest BCUT2D eigenvalue weighted by molar-refractivity contribution is 7.98. The Morgan fingerprint density at radius 3 is 2.58 bits per heavy atom. The number of benzene rings is 1. The van der Waals surface area contributed by atoms with E-state index < -0.39 is 11.7 Å². The van der Waals surface area contributed by atoms with Gasteiger partial charge in [0.2, 0.25) is 0 Å². The number of hydrogen-bond acceptors (Lipinski definition) is 2. The Hall–Kier alpha value is -1.69. The Labute approximate surface area is 112 Å². The number of alkyl halides is 3. The van der Waals surface area contributed by atoms with E-state index in [1.165, 1.54) is 24.0 Å². The third-order valence-electron chi connectivity index (χ3n) is 2.43. The molecule has 0 N–H and O–H groups in total. The van der Waals surface area contributed by atoms with Gasteiger partial charge in [-0.2, -0.15) is 17.9 Å². The number of nitrogens with zero attached hydrogens (tertiary/aromatic N) is 1. The second-order valence-corrected chi connectivity index (χ2v) is 4.85. The number of halogens is 3. The monoisotopic (exact) mass is 285 g/mol. The van der Waals surface area contributed by atoms with E-state index in [0.717, 1.165) is 12.1 Å². The van der Waals surface area contributed by atoms with Gasteiger partial charge in [0.1, 0.15) is 0 Å². The van der Waals surface area contributed by atoms with Crippen LogP contribution in [0.25, 0.3) is 0 Å². The van der Waals surface area contributed by atoms with Crippen molar-refractivity contribution in [2.45, 2.75) is 17.0 Å². The summed E-state index contributed by atoms with van der Waals surface area (Å²) < 4.78 is 38.3. The van der Waals surface area contributed by atoms with Gasteiger partial charge in [0.15, 0.2) is 6.20 Å². The van der Waals surface area contributed by atoms with Crippen LogP contribution in [0.1, 0.15) is 11.1 Å². The van der Waals surface area contributed by atoms with Crippen molar-refractivity contribution in [2.75, 3.05) is 0 Å². The van der Waals surface area contributed by atoms with Crippen LogP contribution in [0.2, 0.25) is 0 Å². The van der Waals surface area contributed by atoms with Gasteiger partial charge in [0, 0.05) is 17.9 Å². The van der Waals surface area contributed by atoms with Crippen molar-refractivity contribution < 1.29 is 17.9 Å². The lowest BCUT2D eigenvalue weighted by Crippen LogP contribution is -2.27. The summed E-state index contributed by atoms with van der Waals surface area (Å²) in [6.07, 6.45) is -2.99. The Balaban J connectivity index is 2.10. The lowest BCUT2D eigenvalue weighted by molar-refractivity contribution is -0.645. The maximum atomic E-state index is 12.5. The van der Waals surface area contributed by atoms with E-state index in [4.69, 9.17) is 0 Å². The maximum absolute atomic E-state index is 12.5. The topological polar surface area (TPSA) is 26.9 Å². The van der Waals surface area contributed by atoms with Crippen LogP contribution in [-0.2, 0) is 11.9 Å². The van der Waals surface area contributed by atoms with E-state index in [0.29, 0.717) is 21.1 Å². The van der Waals surface area contributed by atoms with Crippen LogP contribution < -0.4 is 4.73 Å². The van der Waals surface area contributed by atoms with E-state index in [2.05, 4.69) is 0 Å². The molecule has 1 aromatic heterocycles. The molecule has 2 aromatic rings. The van der Waals surface area contributed by atoms with Crippen LogP contribution >= 0.6 is 11.8 Å². The van der Waals surface area contributed by atoms with E-state index >= 15 is 0 Å². The first-order chi connectivity index (χ1) is 8.97. The van der Waals surface area contributed by atoms with Gasteiger partial charge in [-0.1, -0.05) is 30.0 Å². The fourth-order valence-electron chi connectivity index (χ4n) is 1.52. The molecule has 0 unspecified atom stereocenters. The minimum atomic E-state index is -4.34. The second kappa shape index (κ2) is 5.52. The first-order valence-corrected chi connectivity index (χ1v) is 6.42. The molecule has 1 aromatic carbocycles. The highest BCUT2D eigenvalue weighted by Crippen LogP contribution is 2.30. The zero-order chi connectivity index (χ0) is 13.9. The molecule has 0 atom stereocenters. The molecule has 0 aliphatic heterocycles. The van der Waals surface area contributed by atoms with Gasteiger partial charge in [0.05, 0.1) is 5.56 Å². The van der Waals surface area contributed by atoms with Gasteiger partial charge in [-0.25, -0.2) is 0 Å². The largest absolute Gasteiger partial charge is 0.618 e. The third kappa shape index (κ3) is 3.64. The maximum Gasteiger partial charge on any atom is 0.416 e. The molecule has 100 valence electrons. The van der Waals surface area contributed by atoms with Gasteiger partial charge in [-0.3, -0.25) is 0 Å². The second-order valence-electron chi connectivity index (χ2n) is 3.85. The zero-order valence-electron chi connectivity index (χ0n) is 9.72. The molecule has 0 aliphatic rings. The highest BCUT2D eigenvalue weighted by Gasteiger charge is 2.30. The number of thioether (sulfide) groups is 1. The minimum Gasteiger partial charge on any atom is -0.618 e. The Morgan fingerprint density at radius 2 is 1.89 bits per heavy atom. The van der Waals surface area contributed by atoms with Crippen LogP contribution in [0.15, 0.2) is 53.7 Å². The van der Waals surface area contributed by atoms with Crippen molar-refractivity contribution >= 4 is 11.8 Å². The van der Waals surface area contributed by atoms with Crippen LogP contribution in [0.5, 0.6) is 0 Å². The number of rotatable bonds is 3. The van der Waals surface area contributed by atoms with Crippen molar-refractivity contribution in [3.63, 3.8) is 0 Å². The smallest absolute Gasteiger partial charge is 0.416 e. The number of aromatic nitrogens is 1. The van der Waals surface area contributed by atoms with Crippen LogP contribution in [0, 0.1) is 5.21 Å². The highest BCUT2D eigenvalue weighted by atomic mass is 32.2. The zero-order valence-corrected chi connectivity index (χ0v) is 10.5. The van der Waals surface area contributed by atoms with Gasteiger partial charge in [-0.15, -0.1) is 0 Å². The molecule has 1 heterocycles. The van der Waals surface area contributed by atoms with Crippen molar-refractivity contribution in [3.05, 3.63) is 65.0 Å². The van der Waals surface area contributed by atoms with Crippen molar-refractivity contribution in [2.24, 2.45) is 0 Å². The van der Waals surface area contributed by atoms with Gasteiger partial charge < -0.3 is 5.21 Å². The quantitative estimate of drug-likeness (QED) is 0.489. The summed E-state index contributed by atoms with van der Waals surface area (Å²) in [5.41, 5.74) is -0.141. The Kier molecular flexibility index (Phi) is 3.99. The molecule has 0 radical (unpaired) electrons. The third-order valence-corrected chi connectivity index (χ3v) is 3.52. The summed E-state index contributed by atoms with van der Waals surface area (Å²) in [7, 11) is 0. The molecule has 6 heteroatoms. The summed E-state index contributed by atoms with van der Waals surface area (Å²) in [6, 6.07) is 10.1. The van der Waals surface area contributed by atoms with Gasteiger partial charge >= 0.3 is 6.18 Å². The van der Waals surface area contributed by atoms with E-state index in [-0.39, 0.29) is 0 Å². The van der Waals surface area contributed by atoms with Gasteiger partial charge in [0.25, 0.3) is 5.03 Å². The van der Waals surface area contributed by atoms with E-state index in [9.17, 15) is 18.4 Å². The van der Waals surface area contributed by atoms with E-state index in [1.54, 1.807) is 24.3 Å². The van der Waals surface area contributed by atoms with Crippen LogP contribution in [-0.4, -0.2) is 0 Å². The number of pyridine rings is 1. The fraction of sp³-hybridized carbons (Fsp3) is 0.154. The molecular formula is C13H10F3NOS. The molecule has 0 bridgehead atoms. The number of hydrogen-bond donors (Lipinski definition) is 0. The molecule has 19 heavy (non-hydrogen) atoms. The lowest BCUT2D eigenvalue weighted by atomic mass is 10.1.